The van der Waals surface area contributed by atoms with Crippen molar-refractivity contribution in [2.45, 2.75) is 18.6 Å². The molecule has 6 nitrogen and oxygen atoms in total. The minimum Gasteiger partial charge on any atom is -0.497 e. The number of carbonyl (C=O) groups is 1. The second-order valence-electron chi connectivity index (χ2n) is 7.35. The number of nitrogens with zero attached hydrogens (tertiary/aromatic N) is 1. The van der Waals surface area contributed by atoms with Crippen LogP contribution in [0.2, 0.25) is 0 Å². The van der Waals surface area contributed by atoms with Gasteiger partial charge in [0, 0.05) is 26.1 Å². The number of ether oxygens (including phenoxy) is 2. The minimum atomic E-state index is -0.150. The molecule has 2 fully saturated rings. The second kappa shape index (κ2) is 8.73. The van der Waals surface area contributed by atoms with Gasteiger partial charge in [-0.05, 0) is 23.3 Å². The maximum atomic E-state index is 13.3. The van der Waals surface area contributed by atoms with Crippen LogP contribution in [0, 0.1) is 5.92 Å². The van der Waals surface area contributed by atoms with Crippen molar-refractivity contribution < 1.29 is 14.3 Å². The molecule has 4 rings (SSSR count). The maximum absolute atomic E-state index is 13.3. The molecule has 2 aliphatic rings. The summed E-state index contributed by atoms with van der Waals surface area (Å²) < 4.78 is 11.3. The fourth-order valence-electron chi connectivity index (χ4n) is 4.03. The largest absolute Gasteiger partial charge is 0.497 e. The molecule has 2 aromatic rings. The van der Waals surface area contributed by atoms with Gasteiger partial charge in [0.1, 0.15) is 5.75 Å². The molecule has 0 bridgehead atoms. The van der Waals surface area contributed by atoms with Gasteiger partial charge in [-0.15, -0.1) is 0 Å². The van der Waals surface area contributed by atoms with Gasteiger partial charge in [-0.25, -0.2) is 5.43 Å². The van der Waals surface area contributed by atoms with Crippen molar-refractivity contribution in [1.82, 2.24) is 15.8 Å². The van der Waals surface area contributed by atoms with E-state index in [2.05, 4.69) is 23.0 Å². The normalized spacial score (nSPS) is 24.9. The van der Waals surface area contributed by atoms with E-state index in [4.69, 9.17) is 9.47 Å². The Morgan fingerprint density at radius 3 is 2.89 bits per heavy atom. The van der Waals surface area contributed by atoms with E-state index in [0.717, 1.165) is 17.7 Å². The lowest BCUT2D eigenvalue weighted by molar-refractivity contribution is -0.143. The Balaban J connectivity index is 1.43. The van der Waals surface area contributed by atoms with Gasteiger partial charge in [-0.1, -0.05) is 42.5 Å². The highest BCUT2D eigenvalue weighted by Gasteiger charge is 2.38. The number of hydrogen-bond donors (Lipinski definition) is 2. The molecule has 2 aliphatic heterocycles. The maximum Gasteiger partial charge on any atom is 0.229 e. The molecule has 2 N–H and O–H groups in total. The Morgan fingerprint density at radius 2 is 2.07 bits per heavy atom. The van der Waals surface area contributed by atoms with Gasteiger partial charge in [0.25, 0.3) is 0 Å². The van der Waals surface area contributed by atoms with Crippen molar-refractivity contribution in [2.24, 2.45) is 5.92 Å². The molecular weight excluding hydrogens is 354 g/mol. The SMILES string of the molecule is COc1cccc(C2NNCC2C(=O)N2CCOC(Cc3ccccc3)C2)c1. The first-order valence-corrected chi connectivity index (χ1v) is 9.81. The summed E-state index contributed by atoms with van der Waals surface area (Å²) in [6.45, 7) is 2.47. The number of benzene rings is 2. The van der Waals surface area contributed by atoms with Crippen LogP contribution in [0.15, 0.2) is 54.6 Å². The first-order valence-electron chi connectivity index (χ1n) is 9.81. The summed E-state index contributed by atoms with van der Waals surface area (Å²) in [6.07, 6.45) is 0.864. The molecule has 3 unspecified atom stereocenters. The van der Waals surface area contributed by atoms with Crippen LogP contribution in [0.1, 0.15) is 17.2 Å². The third-order valence-electron chi connectivity index (χ3n) is 5.51. The van der Waals surface area contributed by atoms with E-state index in [9.17, 15) is 4.79 Å². The monoisotopic (exact) mass is 381 g/mol. The van der Waals surface area contributed by atoms with Gasteiger partial charge >= 0.3 is 0 Å². The van der Waals surface area contributed by atoms with Crippen molar-refractivity contribution in [3.8, 4) is 5.75 Å². The Kier molecular flexibility index (Phi) is 5.90. The van der Waals surface area contributed by atoms with E-state index < -0.39 is 0 Å². The average Bonchev–Trinajstić information content (AvgIpc) is 3.24. The van der Waals surface area contributed by atoms with Crippen molar-refractivity contribution in [3.05, 3.63) is 65.7 Å². The predicted molar refractivity (Wildman–Crippen MR) is 107 cm³/mol. The van der Waals surface area contributed by atoms with Crippen molar-refractivity contribution in [2.75, 3.05) is 33.4 Å². The zero-order valence-electron chi connectivity index (χ0n) is 16.1. The molecular formula is C22H27N3O3. The van der Waals surface area contributed by atoms with Crippen molar-refractivity contribution in [3.63, 3.8) is 0 Å². The van der Waals surface area contributed by atoms with E-state index in [-0.39, 0.29) is 24.0 Å². The zero-order chi connectivity index (χ0) is 19.3. The summed E-state index contributed by atoms with van der Waals surface area (Å²) in [4.78, 5) is 15.3. The Morgan fingerprint density at radius 1 is 1.21 bits per heavy atom. The molecule has 2 aromatic carbocycles. The topological polar surface area (TPSA) is 62.8 Å². The number of methoxy groups -OCH3 is 1. The molecule has 0 spiro atoms. The number of rotatable bonds is 5. The number of amides is 1. The molecule has 2 saturated heterocycles. The first kappa shape index (κ1) is 18.9. The number of morpholine rings is 1. The van der Waals surface area contributed by atoms with Crippen LogP contribution in [-0.2, 0) is 16.0 Å². The second-order valence-corrected chi connectivity index (χ2v) is 7.35. The fourth-order valence-corrected chi connectivity index (χ4v) is 4.03. The molecule has 2 heterocycles. The van der Waals surface area contributed by atoms with Crippen LogP contribution >= 0.6 is 0 Å². The first-order chi connectivity index (χ1) is 13.7. The molecule has 0 aromatic heterocycles. The lowest BCUT2D eigenvalue weighted by Gasteiger charge is -2.35. The molecule has 0 aliphatic carbocycles. The smallest absolute Gasteiger partial charge is 0.229 e. The summed E-state index contributed by atoms with van der Waals surface area (Å²) in [5, 5.41) is 0. The Hall–Kier alpha value is -2.41. The molecule has 0 saturated carbocycles. The van der Waals surface area contributed by atoms with E-state index in [1.54, 1.807) is 7.11 Å². The standard InChI is InChI=1S/C22H27N3O3/c1-27-18-9-5-8-17(13-18)21-20(14-23-24-21)22(26)25-10-11-28-19(15-25)12-16-6-3-2-4-7-16/h2-9,13,19-21,23-24H,10-12,14-15H2,1H3. The van der Waals surface area contributed by atoms with Crippen molar-refractivity contribution >= 4 is 5.91 Å². The molecule has 0 radical (unpaired) electrons. The highest BCUT2D eigenvalue weighted by Crippen LogP contribution is 2.29. The molecule has 148 valence electrons. The zero-order valence-corrected chi connectivity index (χ0v) is 16.1. The lowest BCUT2D eigenvalue weighted by atomic mass is 9.93. The number of carbonyl (C=O) groups excluding carboxylic acids is 1. The van der Waals surface area contributed by atoms with Crippen LogP contribution in [0.4, 0.5) is 0 Å². The number of nitrogens with one attached hydrogen (secondary N) is 2. The molecule has 6 heteroatoms. The van der Waals surface area contributed by atoms with Gasteiger partial charge in [-0.2, -0.15) is 0 Å². The van der Waals surface area contributed by atoms with Crippen LogP contribution in [0.3, 0.4) is 0 Å². The van der Waals surface area contributed by atoms with E-state index in [1.165, 1.54) is 5.56 Å². The van der Waals surface area contributed by atoms with Crippen LogP contribution in [0.25, 0.3) is 0 Å². The van der Waals surface area contributed by atoms with E-state index >= 15 is 0 Å². The summed E-state index contributed by atoms with van der Waals surface area (Å²) in [6, 6.07) is 18.1. The fraction of sp³-hybridized carbons (Fsp3) is 0.409. The number of hydrogen-bond acceptors (Lipinski definition) is 5. The third kappa shape index (κ3) is 4.19. The van der Waals surface area contributed by atoms with Gasteiger partial charge in [0.2, 0.25) is 5.91 Å². The summed E-state index contributed by atoms with van der Waals surface area (Å²) in [5.41, 5.74) is 8.71. The van der Waals surface area contributed by atoms with Gasteiger partial charge in [0.15, 0.2) is 0 Å². The Labute approximate surface area is 165 Å². The average molecular weight is 381 g/mol. The molecule has 3 atom stereocenters. The van der Waals surface area contributed by atoms with E-state index in [0.29, 0.717) is 26.2 Å². The summed E-state index contributed by atoms with van der Waals surface area (Å²) >= 11 is 0. The lowest BCUT2D eigenvalue weighted by Crippen LogP contribution is -2.49. The van der Waals surface area contributed by atoms with Crippen LogP contribution < -0.4 is 15.6 Å². The quantitative estimate of drug-likeness (QED) is 0.829. The third-order valence-corrected chi connectivity index (χ3v) is 5.51. The predicted octanol–water partition coefficient (Wildman–Crippen LogP) is 1.93. The summed E-state index contributed by atoms with van der Waals surface area (Å²) in [5.74, 6) is 0.820. The van der Waals surface area contributed by atoms with Gasteiger partial charge < -0.3 is 14.4 Å². The van der Waals surface area contributed by atoms with Gasteiger partial charge in [0.05, 0.1) is 31.8 Å². The summed E-state index contributed by atoms with van der Waals surface area (Å²) in [7, 11) is 1.66. The van der Waals surface area contributed by atoms with Crippen molar-refractivity contribution in [1.29, 1.82) is 0 Å². The Bertz CT molecular complexity index is 799. The number of hydrazine groups is 1. The minimum absolute atomic E-state index is 0.0395. The highest BCUT2D eigenvalue weighted by molar-refractivity contribution is 5.80. The molecule has 28 heavy (non-hydrogen) atoms. The van der Waals surface area contributed by atoms with Crippen LogP contribution in [-0.4, -0.2) is 50.3 Å². The molecule has 1 amide bonds. The van der Waals surface area contributed by atoms with E-state index in [1.807, 2.05) is 47.4 Å². The van der Waals surface area contributed by atoms with Gasteiger partial charge in [-0.3, -0.25) is 10.2 Å². The van der Waals surface area contributed by atoms with Crippen LogP contribution in [0.5, 0.6) is 5.75 Å². The highest BCUT2D eigenvalue weighted by atomic mass is 16.5.